The van der Waals surface area contributed by atoms with E-state index in [0.717, 1.165) is 20.8 Å². The van der Waals surface area contributed by atoms with Crippen molar-refractivity contribution in [2.45, 2.75) is 51.1 Å². The minimum absolute atomic E-state index is 0.455. The lowest BCUT2D eigenvalue weighted by atomic mass is 10.0. The fourth-order valence-corrected chi connectivity index (χ4v) is 4.25. The van der Waals surface area contributed by atoms with Gasteiger partial charge in [-0.1, -0.05) is 0 Å². The molecule has 13 nitrogen and oxygen atoms in total. The van der Waals surface area contributed by atoms with Gasteiger partial charge in [0.2, 0.25) is 18.2 Å². The number of hydrogen-bond donors (Lipinski definition) is 1. The molecule has 1 aliphatic heterocycles. The minimum atomic E-state index is -4.70. The largest absolute Gasteiger partial charge is 0.456 e. The quantitative estimate of drug-likeness (QED) is 0.223. The lowest BCUT2D eigenvalue weighted by Gasteiger charge is -2.40. The van der Waals surface area contributed by atoms with Crippen LogP contribution < -0.4 is 10.4 Å². The van der Waals surface area contributed by atoms with Crippen LogP contribution in [-0.2, 0) is 49.2 Å². The average molecular weight is 550 g/mol. The van der Waals surface area contributed by atoms with Crippen LogP contribution in [-0.4, -0.2) is 62.1 Å². The van der Waals surface area contributed by atoms with E-state index in [-0.39, 0.29) is 0 Å². The van der Waals surface area contributed by atoms with E-state index in [1.54, 1.807) is 0 Å². The lowest BCUT2D eigenvalue weighted by Crippen LogP contribution is -2.59. The molecule has 3 rings (SSSR count). The third-order valence-electron chi connectivity index (χ3n) is 4.85. The molecule has 1 unspecified atom stereocenters. The molecule has 0 spiro atoms. The standard InChI is InChI=1S/C21H20F2O13S/c1-8(24)32-14-6-31-21(20(34-10(3)26)19(14)33-9(2)25)36-18-13(22)5-12-11(7-37(28,29)30)4-15(27)35-17(12)16(18)23/h4-5,14,19-21H,6-7H2,1-3H3,(H,28,29,30)/t14-,19?,20+,21+/m1/s1. The Morgan fingerprint density at radius 2 is 1.62 bits per heavy atom. The first-order valence-corrected chi connectivity index (χ1v) is 12.0. The van der Waals surface area contributed by atoms with E-state index >= 15 is 4.39 Å². The second-order valence-electron chi connectivity index (χ2n) is 7.81. The van der Waals surface area contributed by atoms with Crippen LogP contribution in [0.2, 0.25) is 0 Å². The zero-order valence-electron chi connectivity index (χ0n) is 19.4. The van der Waals surface area contributed by atoms with Crippen LogP contribution in [0.15, 0.2) is 21.3 Å². The first-order chi connectivity index (χ1) is 17.2. The van der Waals surface area contributed by atoms with Gasteiger partial charge in [-0.25, -0.2) is 9.18 Å². The molecule has 16 heteroatoms. The van der Waals surface area contributed by atoms with E-state index in [2.05, 4.69) is 0 Å². The predicted molar refractivity (Wildman–Crippen MR) is 115 cm³/mol. The molecule has 0 radical (unpaired) electrons. The molecule has 202 valence electrons. The zero-order valence-corrected chi connectivity index (χ0v) is 20.2. The van der Waals surface area contributed by atoms with E-state index < -0.39 is 105 Å². The molecule has 0 amide bonds. The summed E-state index contributed by atoms with van der Waals surface area (Å²) in [6, 6.07) is 1.22. The van der Waals surface area contributed by atoms with Crippen molar-refractivity contribution in [1.29, 1.82) is 0 Å². The average Bonchev–Trinajstić information content (AvgIpc) is 2.73. The van der Waals surface area contributed by atoms with E-state index in [0.29, 0.717) is 12.1 Å². The third-order valence-corrected chi connectivity index (χ3v) is 5.52. The third kappa shape index (κ3) is 6.78. The van der Waals surface area contributed by atoms with Gasteiger partial charge in [0, 0.05) is 32.2 Å². The van der Waals surface area contributed by atoms with Crippen molar-refractivity contribution >= 4 is 39.0 Å². The summed E-state index contributed by atoms with van der Waals surface area (Å²) in [7, 11) is -4.70. The van der Waals surface area contributed by atoms with Crippen LogP contribution in [0.1, 0.15) is 26.3 Å². The van der Waals surface area contributed by atoms with Crippen molar-refractivity contribution in [2.24, 2.45) is 0 Å². The maximum Gasteiger partial charge on any atom is 0.336 e. The SMILES string of the molecule is CC(=O)OC1[C@H](OC(C)=O)CO[C@@H](Oc2c(F)cc3c(CS(=O)(=O)O)cc(=O)oc3c2F)[C@H]1OC(C)=O. The highest BCUT2D eigenvalue weighted by molar-refractivity contribution is 7.85. The van der Waals surface area contributed by atoms with Gasteiger partial charge in [0.25, 0.3) is 10.1 Å². The molecule has 2 aromatic rings. The number of hydrogen-bond acceptors (Lipinski definition) is 12. The number of halogens is 2. The van der Waals surface area contributed by atoms with Crippen molar-refractivity contribution in [1.82, 2.24) is 0 Å². The first-order valence-electron chi connectivity index (χ1n) is 10.4. The molecular formula is C21H20F2O13S. The van der Waals surface area contributed by atoms with Gasteiger partial charge in [-0.3, -0.25) is 18.9 Å². The molecule has 0 bridgehead atoms. The zero-order chi connectivity index (χ0) is 27.7. The van der Waals surface area contributed by atoms with Crippen molar-refractivity contribution in [3.05, 3.63) is 39.8 Å². The second-order valence-corrected chi connectivity index (χ2v) is 9.26. The van der Waals surface area contributed by atoms with Crippen molar-refractivity contribution < 1.29 is 64.2 Å². The Hall–Kier alpha value is -3.63. The molecule has 4 atom stereocenters. The second kappa shape index (κ2) is 10.8. The monoisotopic (exact) mass is 550 g/mol. The van der Waals surface area contributed by atoms with Crippen LogP contribution in [0.5, 0.6) is 5.75 Å². The molecule has 0 saturated carbocycles. The van der Waals surface area contributed by atoms with Crippen molar-refractivity contribution in [3.8, 4) is 5.75 Å². The topological polar surface area (TPSA) is 182 Å². The lowest BCUT2D eigenvalue weighted by molar-refractivity contribution is -0.260. The number of esters is 3. The van der Waals surface area contributed by atoms with Gasteiger partial charge in [0.1, 0.15) is 5.75 Å². The summed E-state index contributed by atoms with van der Waals surface area (Å²) in [5.41, 5.74) is -2.57. The van der Waals surface area contributed by atoms with Gasteiger partial charge < -0.3 is 28.1 Å². The van der Waals surface area contributed by atoms with Crippen LogP contribution in [0.25, 0.3) is 11.0 Å². The number of fused-ring (bicyclic) bond motifs is 1. The highest BCUT2D eigenvalue weighted by atomic mass is 32.2. The van der Waals surface area contributed by atoms with Gasteiger partial charge in [0.05, 0.1) is 6.61 Å². The molecule has 1 fully saturated rings. The molecular weight excluding hydrogens is 530 g/mol. The number of carbonyl (C=O) groups excluding carboxylic acids is 3. The van der Waals surface area contributed by atoms with Crippen LogP contribution in [0, 0.1) is 11.6 Å². The van der Waals surface area contributed by atoms with Crippen molar-refractivity contribution in [2.75, 3.05) is 6.61 Å². The summed E-state index contributed by atoms with van der Waals surface area (Å²) < 4.78 is 92.5. The predicted octanol–water partition coefficient (Wildman–Crippen LogP) is 0.989. The molecule has 2 heterocycles. The Labute approximate surface area is 206 Å². The molecule has 0 aliphatic carbocycles. The van der Waals surface area contributed by atoms with Crippen LogP contribution >= 0.6 is 0 Å². The minimum Gasteiger partial charge on any atom is -0.456 e. The van der Waals surface area contributed by atoms with E-state index in [1.807, 2.05) is 0 Å². The summed E-state index contributed by atoms with van der Waals surface area (Å²) in [6.45, 7) is 2.53. The maximum absolute atomic E-state index is 15.3. The van der Waals surface area contributed by atoms with Crippen LogP contribution in [0.3, 0.4) is 0 Å². The summed E-state index contributed by atoms with van der Waals surface area (Å²) >= 11 is 0. The van der Waals surface area contributed by atoms with Gasteiger partial charge in [0.15, 0.2) is 29.4 Å². The first kappa shape index (κ1) is 27.9. The molecule has 1 N–H and O–H groups in total. The molecule has 1 saturated heterocycles. The normalized spacial score (nSPS) is 21.8. The maximum atomic E-state index is 15.3. The number of rotatable bonds is 7. The molecule has 1 aromatic carbocycles. The van der Waals surface area contributed by atoms with E-state index in [1.165, 1.54) is 0 Å². The number of benzene rings is 1. The van der Waals surface area contributed by atoms with Crippen LogP contribution in [0.4, 0.5) is 8.78 Å². The van der Waals surface area contributed by atoms with E-state index in [9.17, 15) is 32.0 Å². The molecule has 1 aromatic heterocycles. The highest BCUT2D eigenvalue weighted by Crippen LogP contribution is 2.34. The summed E-state index contributed by atoms with van der Waals surface area (Å²) in [6.07, 6.45) is -6.30. The Morgan fingerprint density at radius 3 is 2.19 bits per heavy atom. The molecule has 1 aliphatic rings. The Balaban J connectivity index is 2.07. The van der Waals surface area contributed by atoms with Gasteiger partial charge in [-0.15, -0.1) is 0 Å². The van der Waals surface area contributed by atoms with Gasteiger partial charge in [-0.05, 0) is 11.6 Å². The van der Waals surface area contributed by atoms with Gasteiger partial charge >= 0.3 is 23.5 Å². The highest BCUT2D eigenvalue weighted by Gasteiger charge is 2.48. The molecule has 37 heavy (non-hydrogen) atoms. The fourth-order valence-electron chi connectivity index (χ4n) is 3.62. The Kier molecular flexibility index (Phi) is 8.14. The van der Waals surface area contributed by atoms with Crippen molar-refractivity contribution in [3.63, 3.8) is 0 Å². The number of carbonyl (C=O) groups is 3. The fraction of sp³-hybridized carbons (Fsp3) is 0.429. The van der Waals surface area contributed by atoms with Gasteiger partial charge in [-0.2, -0.15) is 12.8 Å². The summed E-state index contributed by atoms with van der Waals surface area (Å²) in [4.78, 5) is 46.7. The Morgan fingerprint density at radius 1 is 1.03 bits per heavy atom. The Bertz CT molecular complexity index is 1400. The summed E-state index contributed by atoms with van der Waals surface area (Å²) in [5, 5.41) is -0.492. The number of ether oxygens (including phenoxy) is 5. The van der Waals surface area contributed by atoms with E-state index in [4.69, 9.17) is 32.7 Å². The summed E-state index contributed by atoms with van der Waals surface area (Å²) in [5.74, 6) is -7.97. The smallest absolute Gasteiger partial charge is 0.336 e.